The molecule has 0 spiro atoms. The molecule has 0 aliphatic carbocycles. The van der Waals surface area contributed by atoms with Gasteiger partial charge in [-0.3, -0.25) is 9.59 Å². The van der Waals surface area contributed by atoms with E-state index in [9.17, 15) is 14.4 Å². The van der Waals surface area contributed by atoms with Crippen molar-refractivity contribution in [3.05, 3.63) is 63.1 Å². The largest absolute Gasteiger partial charge is 0.467 e. The molecule has 0 aliphatic heterocycles. The van der Waals surface area contributed by atoms with Crippen molar-refractivity contribution in [3.63, 3.8) is 0 Å². The van der Waals surface area contributed by atoms with E-state index in [1.54, 1.807) is 42.5 Å². The fraction of sp³-hybridized carbons (Fsp3) is 0.211. The number of methoxy groups -OCH3 is 1. The van der Waals surface area contributed by atoms with Gasteiger partial charge in [0.15, 0.2) is 0 Å². The van der Waals surface area contributed by atoms with E-state index >= 15 is 0 Å². The predicted octanol–water partition coefficient (Wildman–Crippen LogP) is 3.58. The molecule has 0 aromatic heterocycles. The Morgan fingerprint density at radius 3 is 2.56 bits per heavy atom. The van der Waals surface area contributed by atoms with Crippen molar-refractivity contribution >= 4 is 51.0 Å². The van der Waals surface area contributed by atoms with Gasteiger partial charge in [-0.1, -0.05) is 39.7 Å². The average Bonchev–Trinajstić information content (AvgIpc) is 2.63. The molecule has 0 fully saturated rings. The van der Waals surface area contributed by atoms with Crippen LogP contribution in [-0.4, -0.2) is 30.9 Å². The van der Waals surface area contributed by atoms with Gasteiger partial charge in [0.25, 0.3) is 5.91 Å². The summed E-state index contributed by atoms with van der Waals surface area (Å²) in [5.74, 6) is -1.40. The summed E-state index contributed by atoms with van der Waals surface area (Å²) in [5, 5.41) is 5.77. The average molecular weight is 454 g/mol. The molecule has 27 heavy (non-hydrogen) atoms. The van der Waals surface area contributed by atoms with Gasteiger partial charge in [-0.15, -0.1) is 0 Å². The lowest BCUT2D eigenvalue weighted by Gasteiger charge is -2.18. The SMILES string of the molecule is COC(=O)[C@H](Cc1cc(Cl)ccc1Br)NC(=O)c1ccccc1NC(C)=O. The number of carbonyl (C=O) groups is 3. The number of esters is 1. The second-order valence-corrected chi connectivity index (χ2v) is 7.01. The number of ether oxygens (including phenoxy) is 1. The van der Waals surface area contributed by atoms with Crippen LogP contribution in [0.15, 0.2) is 46.9 Å². The predicted molar refractivity (Wildman–Crippen MR) is 107 cm³/mol. The zero-order valence-corrected chi connectivity index (χ0v) is 17.1. The summed E-state index contributed by atoms with van der Waals surface area (Å²) >= 11 is 9.43. The Morgan fingerprint density at radius 1 is 1.19 bits per heavy atom. The van der Waals surface area contributed by atoms with Crippen LogP contribution in [0.4, 0.5) is 5.69 Å². The zero-order valence-electron chi connectivity index (χ0n) is 14.7. The molecule has 0 heterocycles. The van der Waals surface area contributed by atoms with Crippen molar-refractivity contribution in [1.82, 2.24) is 5.32 Å². The lowest BCUT2D eigenvalue weighted by atomic mass is 10.0. The number of nitrogens with one attached hydrogen (secondary N) is 2. The van der Waals surface area contributed by atoms with Gasteiger partial charge in [-0.2, -0.15) is 0 Å². The molecule has 142 valence electrons. The summed E-state index contributed by atoms with van der Waals surface area (Å²) in [6.45, 7) is 1.35. The molecule has 2 rings (SSSR count). The third-order valence-electron chi connectivity index (χ3n) is 3.71. The Hall–Kier alpha value is -2.38. The number of hydrogen-bond donors (Lipinski definition) is 2. The molecule has 0 aliphatic rings. The van der Waals surface area contributed by atoms with E-state index in [1.165, 1.54) is 14.0 Å². The molecular formula is C19H18BrClN2O4. The van der Waals surface area contributed by atoms with Crippen molar-refractivity contribution < 1.29 is 19.1 Å². The van der Waals surface area contributed by atoms with Crippen molar-refractivity contribution in [1.29, 1.82) is 0 Å². The molecule has 2 N–H and O–H groups in total. The van der Waals surface area contributed by atoms with E-state index in [0.29, 0.717) is 10.7 Å². The highest BCUT2D eigenvalue weighted by Gasteiger charge is 2.24. The third kappa shape index (κ3) is 5.80. The monoisotopic (exact) mass is 452 g/mol. The molecule has 1 atom stereocenters. The number of rotatable bonds is 6. The van der Waals surface area contributed by atoms with Crippen molar-refractivity contribution in [2.45, 2.75) is 19.4 Å². The van der Waals surface area contributed by atoms with Crippen LogP contribution in [0.3, 0.4) is 0 Å². The van der Waals surface area contributed by atoms with Gasteiger partial charge in [0.1, 0.15) is 6.04 Å². The molecule has 6 nitrogen and oxygen atoms in total. The second kappa shape index (κ2) is 9.53. The van der Waals surface area contributed by atoms with Gasteiger partial charge >= 0.3 is 5.97 Å². The van der Waals surface area contributed by atoms with Crippen molar-refractivity contribution in [2.75, 3.05) is 12.4 Å². The minimum Gasteiger partial charge on any atom is -0.467 e. The Morgan fingerprint density at radius 2 is 1.89 bits per heavy atom. The highest BCUT2D eigenvalue weighted by atomic mass is 79.9. The van der Waals surface area contributed by atoms with Crippen LogP contribution in [0.1, 0.15) is 22.8 Å². The first-order valence-corrected chi connectivity index (χ1v) is 9.18. The lowest BCUT2D eigenvalue weighted by molar-refractivity contribution is -0.142. The minimum absolute atomic E-state index is 0.182. The maximum Gasteiger partial charge on any atom is 0.328 e. The molecule has 0 bridgehead atoms. The van der Waals surface area contributed by atoms with Crippen LogP contribution in [0.25, 0.3) is 0 Å². The fourth-order valence-corrected chi connectivity index (χ4v) is 3.07. The quantitative estimate of drug-likeness (QED) is 0.655. The molecule has 2 aromatic rings. The zero-order chi connectivity index (χ0) is 20.0. The van der Waals surface area contributed by atoms with Gasteiger partial charge < -0.3 is 15.4 Å². The number of para-hydroxylation sites is 1. The van der Waals surface area contributed by atoms with Crippen LogP contribution in [0.2, 0.25) is 5.02 Å². The van der Waals surface area contributed by atoms with Gasteiger partial charge in [0.2, 0.25) is 5.91 Å². The Balaban J connectivity index is 2.26. The molecule has 0 unspecified atom stereocenters. The van der Waals surface area contributed by atoms with Gasteiger partial charge in [-0.25, -0.2) is 4.79 Å². The number of carbonyl (C=O) groups excluding carboxylic acids is 3. The van der Waals surface area contributed by atoms with Gasteiger partial charge in [0.05, 0.1) is 18.4 Å². The van der Waals surface area contributed by atoms with Crippen LogP contribution in [-0.2, 0) is 20.7 Å². The lowest BCUT2D eigenvalue weighted by Crippen LogP contribution is -2.43. The summed E-state index contributed by atoms with van der Waals surface area (Å²) in [5.41, 5.74) is 1.34. The summed E-state index contributed by atoms with van der Waals surface area (Å²) < 4.78 is 5.57. The number of hydrogen-bond acceptors (Lipinski definition) is 4. The first-order chi connectivity index (χ1) is 12.8. The van der Waals surface area contributed by atoms with Crippen LogP contribution >= 0.6 is 27.5 Å². The van der Waals surface area contributed by atoms with Crippen molar-refractivity contribution in [3.8, 4) is 0 Å². The molecule has 0 saturated heterocycles. The maximum absolute atomic E-state index is 12.7. The van der Waals surface area contributed by atoms with E-state index in [2.05, 4.69) is 26.6 Å². The smallest absolute Gasteiger partial charge is 0.328 e. The number of anilines is 1. The fourth-order valence-electron chi connectivity index (χ4n) is 2.47. The van der Waals surface area contributed by atoms with E-state index in [1.807, 2.05) is 0 Å². The Labute approximate surface area is 170 Å². The summed E-state index contributed by atoms with van der Waals surface area (Å²) in [6, 6.07) is 10.8. The number of benzene rings is 2. The standard InChI is InChI=1S/C19H18BrClN2O4/c1-11(24)22-16-6-4-3-5-14(16)18(25)23-17(19(26)27-2)10-12-9-13(21)7-8-15(12)20/h3-9,17H,10H2,1-2H3,(H,22,24)(H,23,25)/t17-/m0/s1. The molecule has 2 amide bonds. The first-order valence-electron chi connectivity index (χ1n) is 8.01. The van der Waals surface area contributed by atoms with Crippen molar-refractivity contribution in [2.24, 2.45) is 0 Å². The van der Waals surface area contributed by atoms with E-state index in [0.717, 1.165) is 10.0 Å². The maximum atomic E-state index is 12.7. The number of halogens is 2. The second-order valence-electron chi connectivity index (χ2n) is 5.72. The first kappa shape index (κ1) is 20.9. The van der Waals surface area contributed by atoms with E-state index in [4.69, 9.17) is 16.3 Å². The summed E-state index contributed by atoms with van der Waals surface area (Å²) in [4.78, 5) is 36.2. The molecule has 0 saturated carbocycles. The van der Waals surface area contributed by atoms with Gasteiger partial charge in [0, 0.05) is 22.8 Å². The van der Waals surface area contributed by atoms with E-state index in [-0.39, 0.29) is 17.9 Å². The molecule has 2 aromatic carbocycles. The van der Waals surface area contributed by atoms with E-state index < -0.39 is 17.9 Å². The highest BCUT2D eigenvalue weighted by molar-refractivity contribution is 9.10. The highest BCUT2D eigenvalue weighted by Crippen LogP contribution is 2.23. The molecule has 8 heteroatoms. The topological polar surface area (TPSA) is 84.5 Å². The summed E-state index contributed by atoms with van der Waals surface area (Å²) in [7, 11) is 1.25. The molecule has 0 radical (unpaired) electrons. The van der Waals surface area contributed by atoms with Gasteiger partial charge in [-0.05, 0) is 35.9 Å². The van der Waals surface area contributed by atoms with Crippen LogP contribution in [0, 0.1) is 0 Å². The Bertz CT molecular complexity index is 873. The Kier molecular flexibility index (Phi) is 7.38. The third-order valence-corrected chi connectivity index (χ3v) is 4.71. The van der Waals surface area contributed by atoms with Crippen LogP contribution in [0.5, 0.6) is 0 Å². The molecular weight excluding hydrogens is 436 g/mol. The summed E-state index contributed by atoms with van der Waals surface area (Å²) in [6.07, 6.45) is 0.182. The normalized spacial score (nSPS) is 11.4. The van der Waals surface area contributed by atoms with Crippen LogP contribution < -0.4 is 10.6 Å². The number of amides is 2. The minimum atomic E-state index is -0.928.